The molecule has 2 nitrogen and oxygen atoms in total. The zero-order chi connectivity index (χ0) is 9.14. The first-order chi connectivity index (χ1) is 5.61. The molecule has 0 aromatic carbocycles. The molecule has 0 radical (unpaired) electrons. The molecule has 1 rings (SSSR count). The molecule has 3 heteroatoms. The van der Waals surface area contributed by atoms with Crippen LogP contribution in [0.3, 0.4) is 0 Å². The molecule has 0 spiro atoms. The molecule has 1 heterocycles. The number of allylic oxidation sites excluding steroid dienone is 2. The van der Waals surface area contributed by atoms with Gasteiger partial charge in [0.05, 0.1) is 0 Å². The van der Waals surface area contributed by atoms with E-state index in [0.29, 0.717) is 6.42 Å². The van der Waals surface area contributed by atoms with E-state index in [2.05, 4.69) is 11.6 Å². The number of aliphatic carboxylic acids is 1. The van der Waals surface area contributed by atoms with Crippen molar-refractivity contribution >= 4 is 27.4 Å². The van der Waals surface area contributed by atoms with Crippen LogP contribution in [-0.2, 0) is 4.79 Å². The van der Waals surface area contributed by atoms with Gasteiger partial charge in [-0.3, -0.25) is 0 Å². The third kappa shape index (κ3) is 2.54. The molecule has 0 amide bonds. The van der Waals surface area contributed by atoms with E-state index in [-0.39, 0.29) is 0 Å². The molecule has 12 heavy (non-hydrogen) atoms. The molecule has 0 bridgehead atoms. The van der Waals surface area contributed by atoms with Crippen LogP contribution in [0.2, 0.25) is 8.86 Å². The molecule has 66 valence electrons. The van der Waals surface area contributed by atoms with Crippen molar-refractivity contribution in [1.82, 2.24) is 0 Å². The fraction of sp³-hybridized carbons (Fsp3) is 0.667. The van der Waals surface area contributed by atoms with E-state index in [4.69, 9.17) is 5.11 Å². The van der Waals surface area contributed by atoms with Gasteiger partial charge < -0.3 is 0 Å². The topological polar surface area (TPSA) is 37.3 Å². The molecule has 0 atom stereocenters. The second-order valence-corrected chi connectivity index (χ2v) is 12.9. The number of carboxylic acid groups (broad SMARTS) is 1. The van der Waals surface area contributed by atoms with Crippen molar-refractivity contribution in [3.8, 4) is 0 Å². The van der Waals surface area contributed by atoms with E-state index in [0.717, 1.165) is 6.42 Å². The standard InChI is InChI=1S/C8H12O2.CH3.In/c1-3-7(4-2)5-6-8(9)10;;/h1,3,5-6H2,2H3,(H,9,10);1H3;. The Bertz CT molecular complexity index is 221. The van der Waals surface area contributed by atoms with Crippen molar-refractivity contribution in [2.75, 3.05) is 0 Å². The van der Waals surface area contributed by atoms with Crippen molar-refractivity contribution in [3.05, 3.63) is 8.90 Å². The molecule has 0 saturated heterocycles. The zero-order valence-electron chi connectivity index (χ0n) is 7.76. The van der Waals surface area contributed by atoms with Gasteiger partial charge in [0.1, 0.15) is 0 Å². The Hall–Kier alpha value is 0.0801. The minimum atomic E-state index is -1.22. The van der Waals surface area contributed by atoms with Crippen molar-refractivity contribution in [2.24, 2.45) is 0 Å². The Balaban J connectivity index is 2.47. The number of carboxylic acids is 1. The summed E-state index contributed by atoms with van der Waals surface area (Å²) >= 11 is -1.22. The molecule has 0 unspecified atom stereocenters. The van der Waals surface area contributed by atoms with E-state index in [1.54, 1.807) is 3.33 Å². The number of carbonyl (C=O) groups is 1. The van der Waals surface area contributed by atoms with Gasteiger partial charge in [0, 0.05) is 0 Å². The van der Waals surface area contributed by atoms with Crippen LogP contribution >= 0.6 is 0 Å². The summed E-state index contributed by atoms with van der Waals surface area (Å²) in [5, 5.41) is 8.52. The summed E-state index contributed by atoms with van der Waals surface area (Å²) in [7, 11) is 0. The molecule has 0 aromatic heterocycles. The van der Waals surface area contributed by atoms with Crippen LogP contribution in [0.15, 0.2) is 8.90 Å². The van der Waals surface area contributed by atoms with Crippen LogP contribution in [0.4, 0.5) is 0 Å². The molecule has 1 N–H and O–H groups in total. The third-order valence-electron chi connectivity index (χ3n) is 2.82. The maximum atomic E-state index is 10.3. The quantitative estimate of drug-likeness (QED) is 0.853. The Morgan fingerprint density at radius 1 is 1.67 bits per heavy atom. The first-order valence-corrected chi connectivity index (χ1v) is 11.8. The summed E-state index contributed by atoms with van der Waals surface area (Å²) in [6.45, 7) is 2.23. The average molecular weight is 270 g/mol. The fourth-order valence-electron chi connectivity index (χ4n) is 1.73. The summed E-state index contributed by atoms with van der Waals surface area (Å²) in [6, 6.07) is 0. The van der Waals surface area contributed by atoms with Crippen LogP contribution in [0.25, 0.3) is 0 Å². The molecule has 0 saturated carbocycles. The van der Waals surface area contributed by atoms with Crippen molar-refractivity contribution in [3.63, 3.8) is 0 Å². The van der Waals surface area contributed by atoms with Crippen molar-refractivity contribution in [2.45, 2.75) is 35.0 Å². The average Bonchev–Trinajstić information content (AvgIpc) is 2.30. The Morgan fingerprint density at radius 2 is 2.33 bits per heavy atom. The fourth-order valence-corrected chi connectivity index (χ4v) is 8.01. The molecule has 1 aliphatic heterocycles. The summed E-state index contributed by atoms with van der Waals surface area (Å²) in [4.78, 5) is 10.3. The monoisotopic (exact) mass is 270 g/mol. The van der Waals surface area contributed by atoms with Gasteiger partial charge in [0.2, 0.25) is 0 Å². The van der Waals surface area contributed by atoms with E-state index in [1.807, 2.05) is 0 Å². The van der Waals surface area contributed by atoms with Crippen LogP contribution in [0.5, 0.6) is 0 Å². The van der Waals surface area contributed by atoms with Gasteiger partial charge in [0.15, 0.2) is 0 Å². The minimum absolute atomic E-state index is 0.325. The van der Waals surface area contributed by atoms with Crippen LogP contribution in [0.1, 0.15) is 26.2 Å². The SMILES string of the molecule is C[C]1=C(CCC(=O)O)C[CH2][In]1[CH3]. The molecule has 0 aliphatic carbocycles. The van der Waals surface area contributed by atoms with Crippen LogP contribution < -0.4 is 0 Å². The molecule has 0 fully saturated rings. The van der Waals surface area contributed by atoms with Gasteiger partial charge in [-0.25, -0.2) is 0 Å². The summed E-state index contributed by atoms with van der Waals surface area (Å²) in [5.74, 6) is -0.662. The zero-order valence-corrected chi connectivity index (χ0v) is 11.1. The normalized spacial score (nSPS) is 17.3. The number of hydrogen-bond acceptors (Lipinski definition) is 1. The Kier molecular flexibility index (Phi) is 3.69. The maximum absolute atomic E-state index is 10.3. The second-order valence-electron chi connectivity index (χ2n) is 3.62. The number of hydrogen-bond donors (Lipinski definition) is 1. The Labute approximate surface area is 81.2 Å². The van der Waals surface area contributed by atoms with Gasteiger partial charge in [-0.05, 0) is 0 Å². The second kappa shape index (κ2) is 4.35. The van der Waals surface area contributed by atoms with Crippen LogP contribution in [0, 0.1) is 0 Å². The van der Waals surface area contributed by atoms with Gasteiger partial charge in [0.25, 0.3) is 0 Å². The third-order valence-corrected chi connectivity index (χ3v) is 11.5. The van der Waals surface area contributed by atoms with E-state index in [1.165, 1.54) is 16.2 Å². The van der Waals surface area contributed by atoms with Crippen LogP contribution in [-0.4, -0.2) is 32.5 Å². The van der Waals surface area contributed by atoms with Gasteiger partial charge in [-0.15, -0.1) is 0 Å². The summed E-state index contributed by atoms with van der Waals surface area (Å²) in [5.41, 5.74) is 1.47. The van der Waals surface area contributed by atoms with E-state index >= 15 is 0 Å². The molecule has 0 aromatic rings. The Morgan fingerprint density at radius 3 is 2.75 bits per heavy atom. The first kappa shape index (κ1) is 10.2. The van der Waals surface area contributed by atoms with Crippen molar-refractivity contribution in [1.29, 1.82) is 0 Å². The van der Waals surface area contributed by atoms with E-state index < -0.39 is 27.4 Å². The van der Waals surface area contributed by atoms with Crippen molar-refractivity contribution < 1.29 is 9.90 Å². The van der Waals surface area contributed by atoms with Gasteiger partial charge >= 0.3 is 81.3 Å². The predicted molar refractivity (Wildman–Crippen MR) is 50.6 cm³/mol. The van der Waals surface area contributed by atoms with Gasteiger partial charge in [-0.1, -0.05) is 0 Å². The first-order valence-electron chi connectivity index (χ1n) is 4.51. The summed E-state index contributed by atoms with van der Waals surface area (Å²) in [6.07, 6.45) is 2.34. The molecular weight excluding hydrogens is 255 g/mol. The molecule has 1 aliphatic rings. The molecular formula is C9H15InO2. The van der Waals surface area contributed by atoms with Gasteiger partial charge in [-0.2, -0.15) is 0 Å². The number of rotatable bonds is 3. The summed E-state index contributed by atoms with van der Waals surface area (Å²) < 4.78 is 5.48. The predicted octanol–water partition coefficient (Wildman–Crippen LogP) is 2.24. The van der Waals surface area contributed by atoms with E-state index in [9.17, 15) is 4.79 Å².